The van der Waals surface area contributed by atoms with Gasteiger partial charge in [0.15, 0.2) is 0 Å². The smallest absolute Gasteiger partial charge is 0.317 e. The zero-order valence-electron chi connectivity index (χ0n) is 10.3. The monoisotopic (exact) mass is 245 g/mol. The van der Waals surface area contributed by atoms with E-state index in [0.717, 1.165) is 24.1 Å². The molecule has 0 heterocycles. The summed E-state index contributed by atoms with van der Waals surface area (Å²) in [5.74, 6) is 0.386. The second-order valence-electron chi connectivity index (χ2n) is 4.45. The summed E-state index contributed by atoms with van der Waals surface area (Å²) >= 11 is 0. The Morgan fingerprint density at radius 1 is 1.12 bits per heavy atom. The Labute approximate surface area is 100 Å². The van der Waals surface area contributed by atoms with E-state index in [-0.39, 0.29) is 0 Å². The molecular weight excluding hydrogens is 227 g/mol. The molecule has 0 fully saturated rings. The molecular formula is C13H18F3N. The molecule has 2 atom stereocenters. The van der Waals surface area contributed by atoms with Crippen molar-refractivity contribution in [2.45, 2.75) is 32.5 Å². The fraction of sp³-hybridized carbons (Fsp3) is 0.538. The van der Waals surface area contributed by atoms with E-state index in [4.69, 9.17) is 0 Å². The Morgan fingerprint density at radius 2 is 1.65 bits per heavy atom. The molecule has 0 amide bonds. The summed E-state index contributed by atoms with van der Waals surface area (Å²) < 4.78 is 37.1. The number of rotatable bonds is 4. The molecule has 0 aliphatic rings. The maximum absolute atomic E-state index is 12.4. The number of benzene rings is 1. The van der Waals surface area contributed by atoms with Crippen LogP contribution in [0, 0.1) is 5.92 Å². The first-order valence-corrected chi connectivity index (χ1v) is 5.68. The highest BCUT2D eigenvalue weighted by Crippen LogP contribution is 2.29. The van der Waals surface area contributed by atoms with E-state index >= 15 is 0 Å². The van der Waals surface area contributed by atoms with Crippen LogP contribution in [0.4, 0.5) is 13.2 Å². The fourth-order valence-corrected chi connectivity index (χ4v) is 1.66. The summed E-state index contributed by atoms with van der Waals surface area (Å²) in [6.07, 6.45) is -3.47. The Bertz CT molecular complexity index is 343. The zero-order chi connectivity index (χ0) is 13.1. The molecule has 1 aromatic carbocycles. The van der Waals surface area contributed by atoms with Crippen molar-refractivity contribution in [2.24, 2.45) is 5.92 Å². The van der Waals surface area contributed by atoms with Crippen LogP contribution in [0.25, 0.3) is 0 Å². The predicted octanol–water partition coefficient (Wildman–Crippen LogP) is 3.49. The van der Waals surface area contributed by atoms with Crippen molar-refractivity contribution >= 4 is 0 Å². The second-order valence-corrected chi connectivity index (χ2v) is 4.45. The minimum absolute atomic E-state index is 0.345. The van der Waals surface area contributed by atoms with Gasteiger partial charge in [0.2, 0.25) is 0 Å². The maximum atomic E-state index is 12.4. The van der Waals surface area contributed by atoms with Crippen molar-refractivity contribution < 1.29 is 13.2 Å². The number of alkyl halides is 3. The Balaban J connectivity index is 2.69. The lowest BCUT2D eigenvalue weighted by Crippen LogP contribution is -2.29. The van der Waals surface area contributed by atoms with Crippen molar-refractivity contribution in [2.75, 3.05) is 7.05 Å². The van der Waals surface area contributed by atoms with E-state index < -0.39 is 11.7 Å². The molecule has 0 bridgehead atoms. The molecule has 0 radical (unpaired) electrons. The summed E-state index contributed by atoms with van der Waals surface area (Å²) in [6, 6.07) is 5.75. The van der Waals surface area contributed by atoms with Crippen LogP contribution in [0.5, 0.6) is 0 Å². The van der Waals surface area contributed by atoms with Gasteiger partial charge >= 0.3 is 6.18 Å². The van der Waals surface area contributed by atoms with E-state index in [2.05, 4.69) is 19.2 Å². The first-order chi connectivity index (χ1) is 7.84. The highest BCUT2D eigenvalue weighted by atomic mass is 19.4. The lowest BCUT2D eigenvalue weighted by atomic mass is 9.94. The van der Waals surface area contributed by atoms with Gasteiger partial charge in [0.05, 0.1) is 5.56 Å². The summed E-state index contributed by atoms with van der Waals surface area (Å²) in [4.78, 5) is 0. The van der Waals surface area contributed by atoms with Gasteiger partial charge in [-0.05, 0) is 44.0 Å². The third-order valence-corrected chi connectivity index (χ3v) is 3.15. The van der Waals surface area contributed by atoms with Gasteiger partial charge in [-0.1, -0.05) is 19.1 Å². The highest BCUT2D eigenvalue weighted by Gasteiger charge is 2.29. The van der Waals surface area contributed by atoms with Crippen LogP contribution in [0.15, 0.2) is 24.3 Å². The third-order valence-electron chi connectivity index (χ3n) is 3.15. The number of hydrogen-bond acceptors (Lipinski definition) is 1. The van der Waals surface area contributed by atoms with Gasteiger partial charge in [-0.15, -0.1) is 0 Å². The molecule has 2 unspecified atom stereocenters. The van der Waals surface area contributed by atoms with E-state index in [1.165, 1.54) is 0 Å². The highest BCUT2D eigenvalue weighted by molar-refractivity contribution is 5.24. The SMILES string of the molecule is CNC(C)C(C)Cc1ccc(C(F)(F)F)cc1. The first-order valence-electron chi connectivity index (χ1n) is 5.68. The number of nitrogens with one attached hydrogen (secondary N) is 1. The average molecular weight is 245 g/mol. The Kier molecular flexibility index (Phi) is 4.57. The molecule has 0 aliphatic carbocycles. The lowest BCUT2D eigenvalue weighted by molar-refractivity contribution is -0.137. The normalized spacial score (nSPS) is 15.6. The van der Waals surface area contributed by atoms with Gasteiger partial charge in [0.25, 0.3) is 0 Å². The van der Waals surface area contributed by atoms with E-state index in [1.807, 2.05) is 7.05 Å². The molecule has 0 saturated heterocycles. The molecule has 96 valence electrons. The first kappa shape index (κ1) is 14.0. The van der Waals surface area contributed by atoms with E-state index in [1.54, 1.807) is 12.1 Å². The van der Waals surface area contributed by atoms with Gasteiger partial charge in [-0.25, -0.2) is 0 Å². The maximum Gasteiger partial charge on any atom is 0.416 e. The average Bonchev–Trinajstić information content (AvgIpc) is 2.27. The van der Waals surface area contributed by atoms with E-state index in [9.17, 15) is 13.2 Å². The van der Waals surface area contributed by atoms with Crippen molar-refractivity contribution in [1.82, 2.24) is 5.32 Å². The van der Waals surface area contributed by atoms with Gasteiger partial charge < -0.3 is 5.32 Å². The van der Waals surface area contributed by atoms with Crippen LogP contribution in [0.1, 0.15) is 25.0 Å². The minimum atomic E-state index is -4.25. The minimum Gasteiger partial charge on any atom is -0.317 e. The zero-order valence-corrected chi connectivity index (χ0v) is 10.3. The van der Waals surface area contributed by atoms with Crippen LogP contribution < -0.4 is 5.32 Å². The molecule has 1 N–H and O–H groups in total. The van der Waals surface area contributed by atoms with Gasteiger partial charge in [0.1, 0.15) is 0 Å². The lowest BCUT2D eigenvalue weighted by Gasteiger charge is -2.19. The third kappa shape index (κ3) is 4.04. The van der Waals surface area contributed by atoms with Crippen molar-refractivity contribution in [3.63, 3.8) is 0 Å². The standard InChI is InChI=1S/C13H18F3N/c1-9(10(2)17-3)8-11-4-6-12(7-5-11)13(14,15)16/h4-7,9-10,17H,8H2,1-3H3. The second kappa shape index (κ2) is 5.54. The molecule has 17 heavy (non-hydrogen) atoms. The topological polar surface area (TPSA) is 12.0 Å². The van der Waals surface area contributed by atoms with Crippen molar-refractivity contribution in [1.29, 1.82) is 0 Å². The van der Waals surface area contributed by atoms with Crippen LogP contribution in [-0.4, -0.2) is 13.1 Å². The van der Waals surface area contributed by atoms with Crippen LogP contribution in [0.3, 0.4) is 0 Å². The van der Waals surface area contributed by atoms with Crippen LogP contribution >= 0.6 is 0 Å². The molecule has 1 nitrogen and oxygen atoms in total. The number of hydrogen-bond donors (Lipinski definition) is 1. The molecule has 0 aliphatic heterocycles. The molecule has 4 heteroatoms. The number of halogens is 3. The fourth-order valence-electron chi connectivity index (χ4n) is 1.66. The molecule has 0 saturated carbocycles. The van der Waals surface area contributed by atoms with Crippen LogP contribution in [0.2, 0.25) is 0 Å². The Hall–Kier alpha value is -1.03. The van der Waals surface area contributed by atoms with Gasteiger partial charge in [-0.3, -0.25) is 0 Å². The molecule has 1 aromatic rings. The summed E-state index contributed by atoms with van der Waals surface area (Å²) in [5, 5.41) is 3.14. The van der Waals surface area contributed by atoms with Crippen LogP contribution in [-0.2, 0) is 12.6 Å². The summed E-state index contributed by atoms with van der Waals surface area (Å²) in [7, 11) is 1.88. The quantitative estimate of drug-likeness (QED) is 0.856. The predicted molar refractivity (Wildman–Crippen MR) is 62.8 cm³/mol. The Morgan fingerprint density at radius 3 is 2.06 bits per heavy atom. The molecule has 0 spiro atoms. The van der Waals surface area contributed by atoms with E-state index in [0.29, 0.717) is 12.0 Å². The van der Waals surface area contributed by atoms with Gasteiger partial charge in [0, 0.05) is 6.04 Å². The van der Waals surface area contributed by atoms with Gasteiger partial charge in [-0.2, -0.15) is 13.2 Å². The molecule has 0 aromatic heterocycles. The summed E-state index contributed by atoms with van der Waals surface area (Å²) in [5.41, 5.74) is 0.350. The molecule has 1 rings (SSSR count). The van der Waals surface area contributed by atoms with Crippen molar-refractivity contribution in [3.05, 3.63) is 35.4 Å². The largest absolute Gasteiger partial charge is 0.416 e. The summed E-state index contributed by atoms with van der Waals surface area (Å²) in [6.45, 7) is 4.15. The van der Waals surface area contributed by atoms with Crippen molar-refractivity contribution in [3.8, 4) is 0 Å².